The van der Waals surface area contributed by atoms with Crippen LogP contribution in [0, 0.1) is 5.92 Å². The van der Waals surface area contributed by atoms with E-state index in [4.69, 9.17) is 5.11 Å². The molecule has 6 nitrogen and oxygen atoms in total. The fraction of sp³-hybridized carbons (Fsp3) is 0.357. The van der Waals surface area contributed by atoms with Gasteiger partial charge in [0, 0.05) is 18.2 Å². The predicted octanol–water partition coefficient (Wildman–Crippen LogP) is 1.48. The number of benzene rings is 1. The molecule has 0 bridgehead atoms. The monoisotopic (exact) mass is 278 g/mol. The highest BCUT2D eigenvalue weighted by atomic mass is 16.4. The Hall–Kier alpha value is -2.37. The molecule has 0 aliphatic rings. The van der Waals surface area contributed by atoms with Crippen LogP contribution in [0.1, 0.15) is 31.1 Å². The van der Waals surface area contributed by atoms with Crippen molar-refractivity contribution in [3.8, 4) is 0 Å². The van der Waals surface area contributed by atoms with Gasteiger partial charge in [-0.15, -0.1) is 0 Å². The number of amides is 2. The standard InChI is InChI=1S/C14H18N2O4/c1-8(2)12(14(19)20)16-13(18)10-5-4-6-11(7-10)15-9(3)17/h4-8,12H,1-3H3,(H,15,17)(H,16,18)(H,19,20). The number of carbonyl (C=O) groups excluding carboxylic acids is 2. The fourth-order valence-corrected chi connectivity index (χ4v) is 1.68. The molecular weight excluding hydrogens is 260 g/mol. The Bertz CT molecular complexity index is 526. The molecular formula is C14H18N2O4. The van der Waals surface area contributed by atoms with Crippen molar-refractivity contribution in [1.29, 1.82) is 0 Å². The highest BCUT2D eigenvalue weighted by molar-refractivity contribution is 5.98. The first-order valence-corrected chi connectivity index (χ1v) is 6.22. The lowest BCUT2D eigenvalue weighted by molar-refractivity contribution is -0.140. The molecule has 1 rings (SSSR count). The third kappa shape index (κ3) is 4.38. The minimum Gasteiger partial charge on any atom is -0.480 e. The molecule has 1 aromatic carbocycles. The smallest absolute Gasteiger partial charge is 0.326 e. The van der Waals surface area contributed by atoms with Gasteiger partial charge in [-0.2, -0.15) is 0 Å². The van der Waals surface area contributed by atoms with E-state index in [1.807, 2.05) is 0 Å². The molecule has 1 atom stereocenters. The molecule has 0 heterocycles. The number of rotatable bonds is 5. The molecule has 6 heteroatoms. The number of hydrogen-bond acceptors (Lipinski definition) is 3. The Balaban J connectivity index is 2.86. The maximum Gasteiger partial charge on any atom is 0.326 e. The average molecular weight is 278 g/mol. The fourth-order valence-electron chi connectivity index (χ4n) is 1.68. The van der Waals surface area contributed by atoms with Crippen molar-refractivity contribution in [2.24, 2.45) is 5.92 Å². The molecule has 0 aromatic heterocycles. The highest BCUT2D eigenvalue weighted by Gasteiger charge is 2.23. The van der Waals surface area contributed by atoms with Crippen LogP contribution < -0.4 is 10.6 Å². The van der Waals surface area contributed by atoms with Crippen molar-refractivity contribution < 1.29 is 19.5 Å². The van der Waals surface area contributed by atoms with Gasteiger partial charge in [-0.3, -0.25) is 9.59 Å². The zero-order chi connectivity index (χ0) is 15.3. The van der Waals surface area contributed by atoms with Crippen molar-refractivity contribution in [2.45, 2.75) is 26.8 Å². The lowest BCUT2D eigenvalue weighted by Crippen LogP contribution is -2.44. The molecule has 0 aliphatic heterocycles. The van der Waals surface area contributed by atoms with Crippen molar-refractivity contribution >= 4 is 23.5 Å². The van der Waals surface area contributed by atoms with E-state index in [-0.39, 0.29) is 11.8 Å². The van der Waals surface area contributed by atoms with E-state index in [2.05, 4.69) is 10.6 Å². The van der Waals surface area contributed by atoms with Gasteiger partial charge in [-0.1, -0.05) is 19.9 Å². The second-order valence-corrected chi connectivity index (χ2v) is 4.80. The normalized spacial score (nSPS) is 11.8. The molecule has 20 heavy (non-hydrogen) atoms. The summed E-state index contributed by atoms with van der Waals surface area (Å²) in [7, 11) is 0. The Morgan fingerprint density at radius 3 is 2.35 bits per heavy atom. The van der Waals surface area contributed by atoms with Gasteiger partial charge in [0.15, 0.2) is 0 Å². The van der Waals surface area contributed by atoms with Crippen LogP contribution in [0.5, 0.6) is 0 Å². The molecule has 0 fully saturated rings. The molecule has 0 saturated carbocycles. The lowest BCUT2D eigenvalue weighted by Gasteiger charge is -2.18. The van der Waals surface area contributed by atoms with Gasteiger partial charge in [-0.05, 0) is 24.1 Å². The minimum absolute atomic E-state index is 0.227. The molecule has 3 N–H and O–H groups in total. The molecule has 0 radical (unpaired) electrons. The van der Waals surface area contributed by atoms with Gasteiger partial charge < -0.3 is 15.7 Å². The number of carboxylic acids is 1. The summed E-state index contributed by atoms with van der Waals surface area (Å²) in [6, 6.07) is 5.36. The van der Waals surface area contributed by atoms with Gasteiger partial charge in [0.05, 0.1) is 0 Å². The van der Waals surface area contributed by atoms with E-state index in [0.29, 0.717) is 11.3 Å². The van der Waals surface area contributed by atoms with Crippen LogP contribution in [0.25, 0.3) is 0 Å². The second-order valence-electron chi connectivity index (χ2n) is 4.80. The average Bonchev–Trinajstić information content (AvgIpc) is 2.34. The van der Waals surface area contributed by atoms with E-state index in [0.717, 1.165) is 0 Å². The van der Waals surface area contributed by atoms with E-state index in [1.54, 1.807) is 32.0 Å². The van der Waals surface area contributed by atoms with Crippen molar-refractivity contribution in [3.63, 3.8) is 0 Å². The zero-order valence-electron chi connectivity index (χ0n) is 11.6. The SMILES string of the molecule is CC(=O)Nc1cccc(C(=O)NC(C(=O)O)C(C)C)c1. The largest absolute Gasteiger partial charge is 0.480 e. The van der Waals surface area contributed by atoms with Crippen LogP contribution in [0.15, 0.2) is 24.3 Å². The van der Waals surface area contributed by atoms with Crippen LogP contribution in [-0.4, -0.2) is 28.9 Å². The maximum absolute atomic E-state index is 12.0. The van der Waals surface area contributed by atoms with E-state index in [1.165, 1.54) is 13.0 Å². The summed E-state index contributed by atoms with van der Waals surface area (Å²) in [6.45, 7) is 4.80. The summed E-state index contributed by atoms with van der Waals surface area (Å²) in [6.07, 6.45) is 0. The molecule has 0 saturated heterocycles. The Morgan fingerprint density at radius 1 is 1.20 bits per heavy atom. The first-order chi connectivity index (χ1) is 9.31. The molecule has 1 unspecified atom stereocenters. The third-order valence-electron chi connectivity index (χ3n) is 2.66. The van der Waals surface area contributed by atoms with Gasteiger partial charge in [0.1, 0.15) is 6.04 Å². The Kier molecular flexibility index (Phi) is 5.25. The van der Waals surface area contributed by atoms with Crippen LogP contribution in [0.4, 0.5) is 5.69 Å². The first kappa shape index (κ1) is 15.7. The summed E-state index contributed by atoms with van der Waals surface area (Å²) in [5.41, 5.74) is 0.782. The Morgan fingerprint density at radius 2 is 1.85 bits per heavy atom. The van der Waals surface area contributed by atoms with Crippen LogP contribution in [-0.2, 0) is 9.59 Å². The van der Waals surface area contributed by atoms with Crippen molar-refractivity contribution in [3.05, 3.63) is 29.8 Å². The predicted molar refractivity (Wildman–Crippen MR) is 74.5 cm³/mol. The lowest BCUT2D eigenvalue weighted by atomic mass is 10.0. The number of carbonyl (C=O) groups is 3. The van der Waals surface area contributed by atoms with Crippen LogP contribution in [0.2, 0.25) is 0 Å². The number of nitrogens with one attached hydrogen (secondary N) is 2. The van der Waals surface area contributed by atoms with Gasteiger partial charge in [0.25, 0.3) is 5.91 Å². The third-order valence-corrected chi connectivity index (χ3v) is 2.66. The van der Waals surface area contributed by atoms with Gasteiger partial charge >= 0.3 is 5.97 Å². The topological polar surface area (TPSA) is 95.5 Å². The zero-order valence-corrected chi connectivity index (χ0v) is 11.6. The second kappa shape index (κ2) is 6.70. The quantitative estimate of drug-likeness (QED) is 0.760. The molecule has 2 amide bonds. The molecule has 0 spiro atoms. The number of carboxylic acid groups (broad SMARTS) is 1. The molecule has 0 aliphatic carbocycles. The molecule has 1 aromatic rings. The van der Waals surface area contributed by atoms with E-state index < -0.39 is 17.9 Å². The maximum atomic E-state index is 12.0. The highest BCUT2D eigenvalue weighted by Crippen LogP contribution is 2.11. The molecule has 108 valence electrons. The first-order valence-electron chi connectivity index (χ1n) is 6.22. The van der Waals surface area contributed by atoms with E-state index >= 15 is 0 Å². The Labute approximate surface area is 117 Å². The summed E-state index contributed by atoms with van der Waals surface area (Å²) < 4.78 is 0. The number of anilines is 1. The van der Waals surface area contributed by atoms with Crippen molar-refractivity contribution in [2.75, 3.05) is 5.32 Å². The minimum atomic E-state index is -1.08. The van der Waals surface area contributed by atoms with Crippen molar-refractivity contribution in [1.82, 2.24) is 5.32 Å². The van der Waals surface area contributed by atoms with Crippen LogP contribution in [0.3, 0.4) is 0 Å². The van der Waals surface area contributed by atoms with Gasteiger partial charge in [-0.25, -0.2) is 4.79 Å². The van der Waals surface area contributed by atoms with Crippen LogP contribution >= 0.6 is 0 Å². The summed E-state index contributed by atoms with van der Waals surface area (Å²) in [5.74, 6) is -2.03. The number of aliphatic carboxylic acids is 1. The number of hydrogen-bond donors (Lipinski definition) is 3. The summed E-state index contributed by atoms with van der Waals surface area (Å²) in [4.78, 5) is 34.0. The van der Waals surface area contributed by atoms with E-state index in [9.17, 15) is 14.4 Å². The summed E-state index contributed by atoms with van der Waals surface area (Å²) >= 11 is 0. The summed E-state index contributed by atoms with van der Waals surface area (Å²) in [5, 5.41) is 14.1. The van der Waals surface area contributed by atoms with Gasteiger partial charge in [0.2, 0.25) is 5.91 Å².